The Morgan fingerprint density at radius 3 is 1.20 bits per heavy atom. The molecule has 2 N–H and O–H groups in total. The van der Waals surface area contributed by atoms with Crippen molar-refractivity contribution in [2.45, 2.75) is 51.4 Å². The van der Waals surface area contributed by atoms with Gasteiger partial charge in [0, 0.05) is 12.8 Å². The molecule has 0 rings (SSSR count). The van der Waals surface area contributed by atoms with Gasteiger partial charge in [-0.2, -0.15) is 0 Å². The fourth-order valence-electron chi connectivity index (χ4n) is 1.26. The van der Waals surface area contributed by atoms with Gasteiger partial charge in [-0.25, -0.2) is 0 Å². The molecule has 0 heterocycles. The molecule has 0 aliphatic carbocycles. The van der Waals surface area contributed by atoms with Crippen LogP contribution in [-0.2, 0) is 9.59 Å². The van der Waals surface area contributed by atoms with Crippen LogP contribution in [0.5, 0.6) is 0 Å². The molecule has 0 bridgehead atoms. The fourth-order valence-corrected chi connectivity index (χ4v) is 1.26. The molecule has 0 aliphatic heterocycles. The van der Waals surface area contributed by atoms with E-state index in [4.69, 9.17) is 10.2 Å². The number of hydrogen-bond acceptors (Lipinski definition) is 2. The SMILES string of the molecule is O=C(O)CCCCCCCCC(=O)O.[CaH2]. The minimum atomic E-state index is -0.740. The summed E-state index contributed by atoms with van der Waals surface area (Å²) in [6, 6.07) is 0. The summed E-state index contributed by atoms with van der Waals surface area (Å²) in [6.07, 6.45) is 5.82. The standard InChI is InChI=1S/C10H18O4.Ca.2H/c11-9(12)7-5-3-1-2-4-6-8-10(13)14;;;/h1-8H2,(H,11,12)(H,13,14);;;. The predicted octanol–water partition coefficient (Wildman–Crippen LogP) is 1.36. The van der Waals surface area contributed by atoms with Crippen LogP contribution < -0.4 is 0 Å². The van der Waals surface area contributed by atoms with Gasteiger partial charge in [0.05, 0.1) is 0 Å². The van der Waals surface area contributed by atoms with Crippen LogP contribution in [0, 0.1) is 0 Å². The Balaban J connectivity index is 0. The second-order valence-corrected chi connectivity index (χ2v) is 3.41. The maximum absolute atomic E-state index is 10.1. The third-order valence-corrected chi connectivity index (χ3v) is 2.03. The van der Waals surface area contributed by atoms with Crippen molar-refractivity contribution in [2.75, 3.05) is 0 Å². The summed E-state index contributed by atoms with van der Waals surface area (Å²) < 4.78 is 0. The second kappa shape index (κ2) is 12.3. The number of aliphatic carboxylic acids is 2. The molecular formula is C10H20CaO4. The zero-order chi connectivity index (χ0) is 10.8. The Morgan fingerprint density at radius 2 is 0.933 bits per heavy atom. The molecule has 0 fully saturated rings. The van der Waals surface area contributed by atoms with E-state index in [0.717, 1.165) is 38.5 Å². The number of rotatable bonds is 9. The monoisotopic (exact) mass is 244 g/mol. The van der Waals surface area contributed by atoms with Crippen molar-refractivity contribution in [1.29, 1.82) is 0 Å². The van der Waals surface area contributed by atoms with Gasteiger partial charge < -0.3 is 10.2 Å². The zero-order valence-electron chi connectivity index (χ0n) is 8.37. The molecule has 15 heavy (non-hydrogen) atoms. The normalized spacial score (nSPS) is 9.33. The summed E-state index contributed by atoms with van der Waals surface area (Å²) in [4.78, 5) is 20.3. The van der Waals surface area contributed by atoms with E-state index in [2.05, 4.69) is 0 Å². The van der Waals surface area contributed by atoms with Crippen LogP contribution in [-0.4, -0.2) is 59.9 Å². The summed E-state index contributed by atoms with van der Waals surface area (Å²) in [5.41, 5.74) is 0. The van der Waals surface area contributed by atoms with Gasteiger partial charge in [0.15, 0.2) is 0 Å². The first-order chi connectivity index (χ1) is 6.63. The number of carboxylic acid groups (broad SMARTS) is 2. The van der Waals surface area contributed by atoms with Crippen molar-refractivity contribution in [3.8, 4) is 0 Å². The van der Waals surface area contributed by atoms with Crippen molar-refractivity contribution in [2.24, 2.45) is 0 Å². The van der Waals surface area contributed by atoms with E-state index in [1.54, 1.807) is 0 Å². The molecule has 0 amide bonds. The molecule has 0 unspecified atom stereocenters. The van der Waals surface area contributed by atoms with Crippen LogP contribution in [0.15, 0.2) is 0 Å². The van der Waals surface area contributed by atoms with Gasteiger partial charge in [-0.3, -0.25) is 9.59 Å². The molecule has 86 valence electrons. The molecule has 0 aliphatic rings. The third-order valence-electron chi connectivity index (χ3n) is 2.03. The molecule has 0 atom stereocenters. The van der Waals surface area contributed by atoms with Crippen molar-refractivity contribution in [1.82, 2.24) is 0 Å². The number of carbonyl (C=O) groups is 2. The van der Waals surface area contributed by atoms with Crippen LogP contribution in [0.25, 0.3) is 0 Å². The molecule has 0 saturated heterocycles. The average molecular weight is 244 g/mol. The zero-order valence-corrected chi connectivity index (χ0v) is 8.37. The van der Waals surface area contributed by atoms with E-state index in [1.807, 2.05) is 0 Å². The average Bonchev–Trinajstić information content (AvgIpc) is 2.08. The summed E-state index contributed by atoms with van der Waals surface area (Å²) in [6.45, 7) is 0. The van der Waals surface area contributed by atoms with Gasteiger partial charge in [0.25, 0.3) is 0 Å². The minimum absolute atomic E-state index is 0. The molecule has 0 saturated carbocycles. The van der Waals surface area contributed by atoms with E-state index in [1.165, 1.54) is 0 Å². The Kier molecular flexibility index (Phi) is 14.4. The number of carboxylic acids is 2. The maximum atomic E-state index is 10.1. The molecule has 0 aromatic carbocycles. The van der Waals surface area contributed by atoms with Crippen LogP contribution in [0.4, 0.5) is 0 Å². The van der Waals surface area contributed by atoms with Crippen molar-refractivity contribution >= 4 is 49.7 Å². The van der Waals surface area contributed by atoms with Crippen molar-refractivity contribution < 1.29 is 19.8 Å². The van der Waals surface area contributed by atoms with Gasteiger partial charge in [-0.15, -0.1) is 0 Å². The molecule has 4 nitrogen and oxygen atoms in total. The molecular weight excluding hydrogens is 224 g/mol. The summed E-state index contributed by atoms with van der Waals surface area (Å²) in [7, 11) is 0. The Bertz CT molecular complexity index is 162. The molecule has 0 radical (unpaired) electrons. The van der Waals surface area contributed by atoms with Gasteiger partial charge in [0.1, 0.15) is 0 Å². The Hall–Kier alpha value is 0.200. The Labute approximate surface area is 120 Å². The van der Waals surface area contributed by atoms with E-state index >= 15 is 0 Å². The van der Waals surface area contributed by atoms with E-state index in [9.17, 15) is 9.59 Å². The number of unbranched alkanes of at least 4 members (excludes halogenated alkanes) is 5. The Morgan fingerprint density at radius 1 is 0.667 bits per heavy atom. The molecule has 0 aromatic rings. The van der Waals surface area contributed by atoms with E-state index in [0.29, 0.717) is 0 Å². The van der Waals surface area contributed by atoms with Gasteiger partial charge in [0.2, 0.25) is 0 Å². The first-order valence-corrected chi connectivity index (χ1v) is 5.06. The van der Waals surface area contributed by atoms with E-state index in [-0.39, 0.29) is 50.6 Å². The third kappa shape index (κ3) is 16.8. The fraction of sp³-hybridized carbons (Fsp3) is 0.800. The molecule has 0 aromatic heterocycles. The second-order valence-electron chi connectivity index (χ2n) is 3.41. The quantitative estimate of drug-likeness (QED) is 0.474. The summed E-state index contributed by atoms with van der Waals surface area (Å²) in [5.74, 6) is -1.48. The molecule has 0 spiro atoms. The van der Waals surface area contributed by atoms with Crippen LogP contribution in [0.2, 0.25) is 0 Å². The van der Waals surface area contributed by atoms with Crippen molar-refractivity contribution in [3.63, 3.8) is 0 Å². The summed E-state index contributed by atoms with van der Waals surface area (Å²) >= 11 is 0. The predicted molar refractivity (Wildman–Crippen MR) is 60.8 cm³/mol. The summed E-state index contributed by atoms with van der Waals surface area (Å²) in [5, 5.41) is 16.7. The van der Waals surface area contributed by atoms with Crippen LogP contribution in [0.1, 0.15) is 51.4 Å². The number of hydrogen-bond donors (Lipinski definition) is 2. The van der Waals surface area contributed by atoms with Gasteiger partial charge in [-0.05, 0) is 12.8 Å². The first-order valence-electron chi connectivity index (χ1n) is 5.06. The van der Waals surface area contributed by atoms with Crippen LogP contribution in [0.3, 0.4) is 0 Å². The van der Waals surface area contributed by atoms with Crippen molar-refractivity contribution in [3.05, 3.63) is 0 Å². The topological polar surface area (TPSA) is 74.6 Å². The first kappa shape index (κ1) is 17.6. The van der Waals surface area contributed by atoms with E-state index < -0.39 is 11.9 Å². The van der Waals surface area contributed by atoms with Gasteiger partial charge in [-0.1, -0.05) is 25.7 Å². The molecule has 5 heteroatoms. The van der Waals surface area contributed by atoms with Crippen LogP contribution >= 0.6 is 0 Å². The van der Waals surface area contributed by atoms with Gasteiger partial charge >= 0.3 is 49.7 Å².